The molecule has 0 aliphatic carbocycles. The Morgan fingerprint density at radius 2 is 2.41 bits per heavy atom. The largest absolute Gasteiger partial charge is 0.494 e. The van der Waals surface area contributed by atoms with Crippen LogP contribution in [0.4, 0.5) is 5.69 Å². The summed E-state index contributed by atoms with van der Waals surface area (Å²) < 4.78 is 10.8. The summed E-state index contributed by atoms with van der Waals surface area (Å²) in [6, 6.07) is 6.18. The van der Waals surface area contributed by atoms with Crippen molar-refractivity contribution in [1.29, 1.82) is 0 Å². The molecule has 94 valence electrons. The number of benzene rings is 1. The van der Waals surface area contributed by atoms with E-state index in [-0.39, 0.29) is 6.61 Å². The summed E-state index contributed by atoms with van der Waals surface area (Å²) in [5, 5.41) is 12.7. The van der Waals surface area contributed by atoms with E-state index in [0.29, 0.717) is 12.6 Å². The number of ether oxygens (including phenoxy) is 2. The monoisotopic (exact) mass is 237 g/mol. The van der Waals surface area contributed by atoms with Crippen molar-refractivity contribution in [2.24, 2.45) is 0 Å². The number of hydrogen-bond acceptors (Lipinski definition) is 4. The molecule has 2 N–H and O–H groups in total. The van der Waals surface area contributed by atoms with E-state index in [1.807, 2.05) is 25.1 Å². The normalized spacial score (nSPS) is 19.3. The molecule has 0 bridgehead atoms. The zero-order valence-corrected chi connectivity index (χ0v) is 10.1. The maximum atomic E-state index is 9.30. The van der Waals surface area contributed by atoms with Crippen LogP contribution in [0.15, 0.2) is 18.2 Å². The van der Waals surface area contributed by atoms with Gasteiger partial charge in [-0.3, -0.25) is 0 Å². The third kappa shape index (κ3) is 3.11. The highest BCUT2D eigenvalue weighted by atomic mass is 16.5. The highest BCUT2D eigenvalue weighted by Crippen LogP contribution is 2.24. The van der Waals surface area contributed by atoms with Crippen LogP contribution in [-0.4, -0.2) is 31.0 Å². The molecule has 0 radical (unpaired) electrons. The highest BCUT2D eigenvalue weighted by molar-refractivity contribution is 5.51. The molecule has 0 amide bonds. The molecule has 2 rings (SSSR count). The number of nitrogens with one attached hydrogen (secondary N) is 1. The molecule has 4 heteroatoms. The molecule has 4 nitrogen and oxygen atoms in total. The van der Waals surface area contributed by atoms with Crippen LogP contribution in [0, 0.1) is 0 Å². The summed E-state index contributed by atoms with van der Waals surface area (Å²) in [4.78, 5) is 0. The number of anilines is 1. The van der Waals surface area contributed by atoms with Gasteiger partial charge in [0.15, 0.2) is 0 Å². The number of aliphatic hydroxyl groups excluding tert-OH is 1. The molecule has 1 aromatic rings. The molecule has 0 saturated carbocycles. The van der Waals surface area contributed by atoms with Gasteiger partial charge >= 0.3 is 0 Å². The van der Waals surface area contributed by atoms with Crippen LogP contribution >= 0.6 is 0 Å². The lowest BCUT2D eigenvalue weighted by atomic mass is 10.1. The number of aliphatic hydroxyl groups is 1. The second kappa shape index (κ2) is 5.89. The molecule has 1 atom stereocenters. The Morgan fingerprint density at radius 3 is 3.06 bits per heavy atom. The molecule has 0 spiro atoms. The van der Waals surface area contributed by atoms with Crippen molar-refractivity contribution in [2.45, 2.75) is 26.0 Å². The minimum absolute atomic E-state index is 0.00792. The smallest absolute Gasteiger partial charge is 0.124 e. The lowest BCUT2D eigenvalue weighted by Gasteiger charge is -2.15. The molecular weight excluding hydrogens is 218 g/mol. The van der Waals surface area contributed by atoms with Crippen molar-refractivity contribution in [1.82, 2.24) is 0 Å². The topological polar surface area (TPSA) is 50.7 Å². The van der Waals surface area contributed by atoms with Crippen molar-refractivity contribution >= 4 is 5.69 Å². The molecule has 1 heterocycles. The summed E-state index contributed by atoms with van der Waals surface area (Å²) in [6.07, 6.45) is 1.03. The first-order valence-corrected chi connectivity index (χ1v) is 6.04. The number of rotatable bonds is 5. The Labute approximate surface area is 102 Å². The van der Waals surface area contributed by atoms with Crippen LogP contribution in [0.2, 0.25) is 0 Å². The lowest BCUT2D eigenvalue weighted by molar-refractivity contribution is 0.195. The van der Waals surface area contributed by atoms with Crippen LogP contribution in [0.1, 0.15) is 18.9 Å². The van der Waals surface area contributed by atoms with E-state index in [1.54, 1.807) is 0 Å². The van der Waals surface area contributed by atoms with Crippen molar-refractivity contribution in [3.8, 4) is 5.75 Å². The molecule has 1 unspecified atom stereocenters. The minimum Gasteiger partial charge on any atom is -0.494 e. The summed E-state index contributed by atoms with van der Waals surface area (Å²) in [5.41, 5.74) is 1.82. The summed E-state index contributed by atoms with van der Waals surface area (Å²) >= 11 is 0. The van der Waals surface area contributed by atoms with E-state index in [2.05, 4.69) is 5.32 Å². The fourth-order valence-corrected chi connectivity index (χ4v) is 1.97. The number of hydrogen-bond donors (Lipinski definition) is 2. The van der Waals surface area contributed by atoms with Gasteiger partial charge < -0.3 is 19.9 Å². The molecule has 1 saturated heterocycles. The molecule has 0 aromatic heterocycles. The summed E-state index contributed by atoms with van der Waals surface area (Å²) in [6.45, 7) is 4.11. The van der Waals surface area contributed by atoms with Crippen molar-refractivity contribution in [2.75, 3.05) is 25.1 Å². The maximum Gasteiger partial charge on any atom is 0.124 e. The fraction of sp³-hybridized carbons (Fsp3) is 0.538. The van der Waals surface area contributed by atoms with Gasteiger partial charge in [0.25, 0.3) is 0 Å². The molecule has 1 fully saturated rings. The van der Waals surface area contributed by atoms with Crippen molar-refractivity contribution in [3.63, 3.8) is 0 Å². The molecule has 1 aliphatic rings. The van der Waals surface area contributed by atoms with Gasteiger partial charge in [-0.25, -0.2) is 0 Å². The van der Waals surface area contributed by atoms with E-state index in [0.717, 1.165) is 36.6 Å². The lowest BCUT2D eigenvalue weighted by Crippen LogP contribution is -2.18. The predicted molar refractivity (Wildman–Crippen MR) is 66.4 cm³/mol. The second-order valence-corrected chi connectivity index (χ2v) is 4.12. The molecule has 17 heavy (non-hydrogen) atoms. The second-order valence-electron chi connectivity index (χ2n) is 4.12. The van der Waals surface area contributed by atoms with Crippen LogP contribution < -0.4 is 10.1 Å². The summed E-state index contributed by atoms with van der Waals surface area (Å²) in [5.74, 6) is 0.753. The maximum absolute atomic E-state index is 9.30. The first-order chi connectivity index (χ1) is 8.33. The Kier molecular flexibility index (Phi) is 4.23. The van der Waals surface area contributed by atoms with Crippen molar-refractivity contribution < 1.29 is 14.6 Å². The highest BCUT2D eigenvalue weighted by Gasteiger charge is 2.15. The van der Waals surface area contributed by atoms with Gasteiger partial charge in [0.05, 0.1) is 25.9 Å². The third-order valence-corrected chi connectivity index (χ3v) is 2.83. The van der Waals surface area contributed by atoms with Gasteiger partial charge in [-0.2, -0.15) is 0 Å². The van der Waals surface area contributed by atoms with Gasteiger partial charge in [0, 0.05) is 17.9 Å². The zero-order valence-electron chi connectivity index (χ0n) is 10.1. The van der Waals surface area contributed by atoms with E-state index in [4.69, 9.17) is 9.47 Å². The van der Waals surface area contributed by atoms with Gasteiger partial charge in [0.1, 0.15) is 5.75 Å². The Morgan fingerprint density at radius 1 is 1.53 bits per heavy atom. The van der Waals surface area contributed by atoms with Crippen LogP contribution in [0.3, 0.4) is 0 Å². The SMILES string of the molecule is CCOc1ccc(NC2CCOC2)cc1CO. The molecule has 1 aliphatic heterocycles. The van der Waals surface area contributed by atoms with Crippen LogP contribution in [-0.2, 0) is 11.3 Å². The first kappa shape index (κ1) is 12.2. The van der Waals surface area contributed by atoms with E-state index >= 15 is 0 Å². The van der Waals surface area contributed by atoms with Crippen molar-refractivity contribution in [3.05, 3.63) is 23.8 Å². The van der Waals surface area contributed by atoms with E-state index < -0.39 is 0 Å². The minimum atomic E-state index is -0.00792. The van der Waals surface area contributed by atoms with Gasteiger partial charge in [-0.05, 0) is 31.5 Å². The average molecular weight is 237 g/mol. The van der Waals surface area contributed by atoms with Gasteiger partial charge in [-0.15, -0.1) is 0 Å². The zero-order chi connectivity index (χ0) is 12.1. The Bertz CT molecular complexity index is 362. The van der Waals surface area contributed by atoms with Gasteiger partial charge in [0.2, 0.25) is 0 Å². The first-order valence-electron chi connectivity index (χ1n) is 6.04. The molecule has 1 aromatic carbocycles. The third-order valence-electron chi connectivity index (χ3n) is 2.83. The van der Waals surface area contributed by atoms with E-state index in [9.17, 15) is 5.11 Å². The average Bonchev–Trinajstić information content (AvgIpc) is 2.84. The predicted octanol–water partition coefficient (Wildman–Crippen LogP) is 1.78. The summed E-state index contributed by atoms with van der Waals surface area (Å²) in [7, 11) is 0. The quantitative estimate of drug-likeness (QED) is 0.819. The molecular formula is C13H19NO3. The van der Waals surface area contributed by atoms with E-state index in [1.165, 1.54) is 0 Å². The van der Waals surface area contributed by atoms with Gasteiger partial charge in [-0.1, -0.05) is 0 Å². The fourth-order valence-electron chi connectivity index (χ4n) is 1.97. The van der Waals surface area contributed by atoms with Crippen LogP contribution in [0.5, 0.6) is 5.75 Å². The van der Waals surface area contributed by atoms with Crippen LogP contribution in [0.25, 0.3) is 0 Å². The standard InChI is InChI=1S/C13H19NO3/c1-2-17-13-4-3-11(7-10(13)8-15)14-12-5-6-16-9-12/h3-4,7,12,14-15H,2,5-6,8-9H2,1H3. The Hall–Kier alpha value is -1.26. The Balaban J connectivity index is 2.07.